The van der Waals surface area contributed by atoms with E-state index in [1.54, 1.807) is 12.4 Å². The Morgan fingerprint density at radius 2 is 1.71 bits per heavy atom. The molecule has 7 nitrogen and oxygen atoms in total. The maximum atomic E-state index is 12.9. The first-order chi connectivity index (χ1) is 15.2. The lowest BCUT2D eigenvalue weighted by molar-refractivity contribution is 0.122. The minimum absolute atomic E-state index is 0.150. The van der Waals surface area contributed by atoms with Gasteiger partial charge in [-0.15, -0.1) is 0 Å². The summed E-state index contributed by atoms with van der Waals surface area (Å²) >= 11 is 0. The van der Waals surface area contributed by atoms with E-state index in [4.69, 9.17) is 4.98 Å². The number of amides is 2. The molecule has 0 aliphatic carbocycles. The highest BCUT2D eigenvalue weighted by molar-refractivity contribution is 5.75. The molecule has 2 amide bonds. The minimum Gasteiger partial charge on any atom is -0.322 e. The van der Waals surface area contributed by atoms with Crippen LogP contribution in [0.15, 0.2) is 54.9 Å². The monoisotopic (exact) mass is 414 g/mol. The van der Waals surface area contributed by atoms with Crippen molar-refractivity contribution in [3.05, 3.63) is 77.4 Å². The van der Waals surface area contributed by atoms with Crippen LogP contribution in [0.25, 0.3) is 11.4 Å². The number of carbonyl (C=O) groups is 1. The molecule has 0 bridgehead atoms. The van der Waals surface area contributed by atoms with Gasteiger partial charge < -0.3 is 14.7 Å². The smallest absolute Gasteiger partial charge is 0.320 e. The van der Waals surface area contributed by atoms with E-state index in [1.807, 2.05) is 34.1 Å². The van der Waals surface area contributed by atoms with Gasteiger partial charge in [-0.3, -0.25) is 4.98 Å². The van der Waals surface area contributed by atoms with Crippen molar-refractivity contribution in [2.75, 3.05) is 33.2 Å². The topological polar surface area (TPSA) is 65.5 Å². The number of likely N-dealkylation sites (N-methyl/N-ethyl adjacent to an activating group) is 1. The fourth-order valence-corrected chi connectivity index (χ4v) is 4.21. The molecule has 0 unspecified atom stereocenters. The number of fused-ring (bicyclic) bond motifs is 1. The highest BCUT2D eigenvalue weighted by atomic mass is 16.2. The van der Waals surface area contributed by atoms with Crippen molar-refractivity contribution >= 4 is 6.03 Å². The molecule has 0 radical (unpaired) electrons. The Morgan fingerprint density at radius 1 is 0.871 bits per heavy atom. The maximum absolute atomic E-state index is 12.9. The number of aromatic nitrogens is 3. The summed E-state index contributed by atoms with van der Waals surface area (Å²) in [6, 6.07) is 14.3. The number of benzene rings is 1. The second-order valence-corrected chi connectivity index (χ2v) is 8.28. The van der Waals surface area contributed by atoms with E-state index >= 15 is 0 Å². The Hall–Kier alpha value is -3.32. The van der Waals surface area contributed by atoms with Crippen molar-refractivity contribution in [1.29, 1.82) is 0 Å². The predicted molar refractivity (Wildman–Crippen MR) is 118 cm³/mol. The van der Waals surface area contributed by atoms with Gasteiger partial charge >= 0.3 is 6.03 Å². The van der Waals surface area contributed by atoms with Crippen molar-refractivity contribution in [1.82, 2.24) is 29.7 Å². The SMILES string of the molecule is CN1CCN(C(=O)N2Cc3ccc(Cc4nccc(-c5ccccn5)n4)cc3C2)CC1. The van der Waals surface area contributed by atoms with E-state index in [0.717, 1.165) is 49.0 Å². The summed E-state index contributed by atoms with van der Waals surface area (Å²) in [6.45, 7) is 4.84. The van der Waals surface area contributed by atoms with Gasteiger partial charge in [-0.25, -0.2) is 14.8 Å². The van der Waals surface area contributed by atoms with E-state index in [2.05, 4.69) is 40.1 Å². The zero-order valence-corrected chi connectivity index (χ0v) is 17.7. The fourth-order valence-electron chi connectivity index (χ4n) is 4.21. The lowest BCUT2D eigenvalue weighted by Crippen LogP contribution is -2.50. The third-order valence-corrected chi connectivity index (χ3v) is 6.03. The van der Waals surface area contributed by atoms with Crippen LogP contribution >= 0.6 is 0 Å². The first-order valence-electron chi connectivity index (χ1n) is 10.7. The first-order valence-corrected chi connectivity index (χ1v) is 10.7. The van der Waals surface area contributed by atoms with Crippen molar-refractivity contribution < 1.29 is 4.79 Å². The molecule has 2 aliphatic rings. The predicted octanol–water partition coefficient (Wildman–Crippen LogP) is 2.81. The average Bonchev–Trinajstić information content (AvgIpc) is 3.23. The Labute approximate surface area is 182 Å². The molecule has 1 fully saturated rings. The van der Waals surface area contributed by atoms with Gasteiger partial charge in [0.2, 0.25) is 0 Å². The van der Waals surface area contributed by atoms with E-state index in [9.17, 15) is 4.79 Å². The van der Waals surface area contributed by atoms with Crippen LogP contribution in [0.3, 0.4) is 0 Å². The highest BCUT2D eigenvalue weighted by Crippen LogP contribution is 2.26. The number of hydrogen-bond donors (Lipinski definition) is 0. The molecule has 7 heteroatoms. The summed E-state index contributed by atoms with van der Waals surface area (Å²) in [7, 11) is 2.10. The largest absolute Gasteiger partial charge is 0.322 e. The summed E-state index contributed by atoms with van der Waals surface area (Å²) in [5.74, 6) is 0.770. The molecular weight excluding hydrogens is 388 g/mol. The van der Waals surface area contributed by atoms with Crippen LogP contribution in [0, 0.1) is 0 Å². The van der Waals surface area contributed by atoms with Crippen molar-refractivity contribution in [2.45, 2.75) is 19.5 Å². The summed E-state index contributed by atoms with van der Waals surface area (Å²) in [5, 5.41) is 0. The number of rotatable bonds is 3. The summed E-state index contributed by atoms with van der Waals surface area (Å²) in [6.07, 6.45) is 4.21. The van der Waals surface area contributed by atoms with E-state index in [-0.39, 0.29) is 6.03 Å². The third kappa shape index (κ3) is 4.27. The molecule has 0 atom stereocenters. The lowest BCUT2D eigenvalue weighted by atomic mass is 10.0. The molecule has 3 aromatic rings. The van der Waals surface area contributed by atoms with Crippen LogP contribution in [-0.4, -0.2) is 68.9 Å². The van der Waals surface area contributed by atoms with Crippen LogP contribution in [0.1, 0.15) is 22.5 Å². The van der Waals surface area contributed by atoms with Gasteiger partial charge in [0, 0.05) is 58.1 Å². The average molecular weight is 415 g/mol. The highest BCUT2D eigenvalue weighted by Gasteiger charge is 2.28. The minimum atomic E-state index is 0.150. The lowest BCUT2D eigenvalue weighted by Gasteiger charge is -2.34. The van der Waals surface area contributed by atoms with Gasteiger partial charge in [0.15, 0.2) is 0 Å². The third-order valence-electron chi connectivity index (χ3n) is 6.03. The molecule has 4 heterocycles. The van der Waals surface area contributed by atoms with E-state index < -0.39 is 0 Å². The van der Waals surface area contributed by atoms with Gasteiger partial charge in [0.05, 0.1) is 11.4 Å². The maximum Gasteiger partial charge on any atom is 0.320 e. The molecule has 5 rings (SSSR count). The van der Waals surface area contributed by atoms with Gasteiger partial charge in [0.1, 0.15) is 5.82 Å². The number of piperazine rings is 1. The van der Waals surface area contributed by atoms with Crippen molar-refractivity contribution in [3.8, 4) is 11.4 Å². The number of urea groups is 1. The fraction of sp³-hybridized carbons (Fsp3) is 0.333. The van der Waals surface area contributed by atoms with Gasteiger partial charge in [-0.2, -0.15) is 0 Å². The standard InChI is InChI=1S/C24H26N6O/c1-28-10-12-29(13-11-28)24(31)30-16-19-6-5-18(14-20(19)17-30)15-23-26-9-7-22(27-23)21-4-2-3-8-25-21/h2-9,14H,10-13,15-17H2,1H3. The zero-order chi connectivity index (χ0) is 21.2. The molecule has 158 valence electrons. The molecular formula is C24H26N6O. The number of pyridine rings is 1. The molecule has 2 aliphatic heterocycles. The van der Waals surface area contributed by atoms with Crippen molar-refractivity contribution in [3.63, 3.8) is 0 Å². The van der Waals surface area contributed by atoms with Crippen LogP contribution in [0.5, 0.6) is 0 Å². The Bertz CT molecular complexity index is 1080. The molecule has 1 saturated heterocycles. The Balaban J connectivity index is 1.27. The quantitative estimate of drug-likeness (QED) is 0.659. The molecule has 0 saturated carbocycles. The van der Waals surface area contributed by atoms with Gasteiger partial charge in [0.25, 0.3) is 0 Å². The summed E-state index contributed by atoms with van der Waals surface area (Å²) in [5.41, 5.74) is 5.29. The summed E-state index contributed by atoms with van der Waals surface area (Å²) < 4.78 is 0. The molecule has 2 aromatic heterocycles. The number of carbonyl (C=O) groups excluding carboxylic acids is 1. The van der Waals surface area contributed by atoms with E-state index in [0.29, 0.717) is 19.5 Å². The van der Waals surface area contributed by atoms with Crippen LogP contribution in [0.2, 0.25) is 0 Å². The number of nitrogens with zero attached hydrogens (tertiary/aromatic N) is 6. The Kier molecular flexibility index (Phi) is 5.34. The zero-order valence-electron chi connectivity index (χ0n) is 17.7. The second kappa shape index (κ2) is 8.43. The Morgan fingerprint density at radius 3 is 2.52 bits per heavy atom. The van der Waals surface area contributed by atoms with Gasteiger partial charge in [-0.1, -0.05) is 24.3 Å². The normalized spacial score (nSPS) is 16.4. The van der Waals surface area contributed by atoms with Crippen molar-refractivity contribution in [2.24, 2.45) is 0 Å². The number of hydrogen-bond acceptors (Lipinski definition) is 5. The summed E-state index contributed by atoms with van der Waals surface area (Å²) in [4.78, 5) is 32.6. The molecule has 1 aromatic carbocycles. The second-order valence-electron chi connectivity index (χ2n) is 8.28. The van der Waals surface area contributed by atoms with Crippen LogP contribution < -0.4 is 0 Å². The van der Waals surface area contributed by atoms with Crippen LogP contribution in [0.4, 0.5) is 4.79 Å². The molecule has 0 N–H and O–H groups in total. The molecule has 0 spiro atoms. The van der Waals surface area contributed by atoms with Crippen LogP contribution in [-0.2, 0) is 19.5 Å². The van der Waals surface area contributed by atoms with E-state index in [1.165, 1.54) is 11.1 Å². The van der Waals surface area contributed by atoms with Gasteiger partial charge in [-0.05, 0) is 41.9 Å². The molecule has 31 heavy (non-hydrogen) atoms. The first kappa shape index (κ1) is 19.6.